The van der Waals surface area contributed by atoms with Gasteiger partial charge in [0.15, 0.2) is 0 Å². The standard InChI is InChI=1S/C30H42ClF/c1-2-3-6-23-9-11-24(12-10-23)13-14-25-15-17-27(18-16-25)30(31)21-19-26(20-22-30)28-7-4-5-8-29(28)32/h4-5,7-8,19-21,23-25,27H,2-3,6,9-18,22H2,1H3/t23-,24-,25-,27-,30?. The monoisotopic (exact) mass is 456 g/mol. The van der Waals surface area contributed by atoms with Crippen molar-refractivity contribution >= 4 is 17.2 Å². The second kappa shape index (κ2) is 11.4. The Morgan fingerprint density at radius 3 is 2.03 bits per heavy atom. The third-order valence-corrected chi connectivity index (χ3v) is 9.39. The molecule has 32 heavy (non-hydrogen) atoms. The highest BCUT2D eigenvalue weighted by atomic mass is 35.5. The molecule has 0 nitrogen and oxygen atoms in total. The third kappa shape index (κ3) is 6.07. The molecule has 0 N–H and O–H groups in total. The minimum atomic E-state index is -0.281. The molecule has 2 fully saturated rings. The van der Waals surface area contributed by atoms with E-state index in [0.717, 1.165) is 29.7 Å². The molecule has 3 aliphatic rings. The van der Waals surface area contributed by atoms with E-state index in [4.69, 9.17) is 11.6 Å². The summed E-state index contributed by atoms with van der Waals surface area (Å²) in [5.74, 6) is 3.32. The van der Waals surface area contributed by atoms with Crippen LogP contribution in [-0.2, 0) is 0 Å². The molecule has 1 unspecified atom stereocenters. The van der Waals surface area contributed by atoms with Gasteiger partial charge in [0.1, 0.15) is 5.82 Å². The van der Waals surface area contributed by atoms with Gasteiger partial charge in [0.2, 0.25) is 0 Å². The third-order valence-electron chi connectivity index (χ3n) is 8.80. The van der Waals surface area contributed by atoms with E-state index in [-0.39, 0.29) is 10.7 Å². The molecule has 176 valence electrons. The highest BCUT2D eigenvalue weighted by Crippen LogP contribution is 2.46. The zero-order valence-corrected chi connectivity index (χ0v) is 20.8. The fourth-order valence-corrected chi connectivity index (χ4v) is 6.89. The minimum Gasteiger partial charge on any atom is -0.206 e. The number of halogens is 2. The Kier molecular flexibility index (Phi) is 8.55. The summed E-state index contributed by atoms with van der Waals surface area (Å²) in [4.78, 5) is -0.281. The molecule has 0 heterocycles. The Hall–Kier alpha value is -1.08. The Morgan fingerprint density at radius 1 is 0.875 bits per heavy atom. The summed E-state index contributed by atoms with van der Waals surface area (Å²) in [7, 11) is 0. The van der Waals surface area contributed by atoms with Crippen LogP contribution in [0.3, 0.4) is 0 Å². The number of unbranched alkanes of at least 4 members (excludes halogenated alkanes) is 1. The summed E-state index contributed by atoms with van der Waals surface area (Å²) >= 11 is 7.12. The Labute approximate surface area is 200 Å². The van der Waals surface area contributed by atoms with Gasteiger partial charge in [-0.25, -0.2) is 4.39 Å². The zero-order chi connectivity index (χ0) is 22.4. The van der Waals surface area contributed by atoms with E-state index in [2.05, 4.69) is 25.2 Å². The van der Waals surface area contributed by atoms with Crippen molar-refractivity contribution in [3.05, 3.63) is 53.9 Å². The van der Waals surface area contributed by atoms with Gasteiger partial charge in [0.05, 0.1) is 4.87 Å². The molecule has 0 aromatic heterocycles. The second-order valence-corrected chi connectivity index (χ2v) is 11.6. The first-order valence-corrected chi connectivity index (χ1v) is 13.8. The van der Waals surface area contributed by atoms with Crippen LogP contribution in [0.15, 0.2) is 42.5 Å². The second-order valence-electron chi connectivity index (χ2n) is 10.9. The molecule has 0 radical (unpaired) electrons. The van der Waals surface area contributed by atoms with Gasteiger partial charge in [0.25, 0.3) is 0 Å². The number of alkyl halides is 1. The van der Waals surface area contributed by atoms with Crippen molar-refractivity contribution in [2.45, 2.75) is 102 Å². The van der Waals surface area contributed by atoms with Crippen LogP contribution in [-0.4, -0.2) is 4.87 Å². The van der Waals surface area contributed by atoms with Gasteiger partial charge in [-0.15, -0.1) is 11.6 Å². The number of benzene rings is 1. The van der Waals surface area contributed by atoms with E-state index in [1.54, 1.807) is 6.07 Å². The topological polar surface area (TPSA) is 0 Å². The lowest BCUT2D eigenvalue weighted by Gasteiger charge is -2.39. The maximum Gasteiger partial charge on any atom is 0.131 e. The Bertz CT molecular complexity index is 780. The normalized spacial score (nSPS) is 33.2. The van der Waals surface area contributed by atoms with E-state index in [1.807, 2.05) is 12.1 Å². The van der Waals surface area contributed by atoms with Gasteiger partial charge < -0.3 is 0 Å². The quantitative estimate of drug-likeness (QED) is 0.341. The molecule has 1 aromatic rings. The van der Waals surface area contributed by atoms with E-state index >= 15 is 0 Å². The molecule has 2 saturated carbocycles. The van der Waals surface area contributed by atoms with Gasteiger partial charge in [-0.05, 0) is 54.6 Å². The average molecular weight is 457 g/mol. The molecule has 0 aliphatic heterocycles. The number of rotatable bonds is 8. The first-order valence-electron chi connectivity index (χ1n) is 13.4. The van der Waals surface area contributed by atoms with Gasteiger partial charge in [0, 0.05) is 5.56 Å². The zero-order valence-electron chi connectivity index (χ0n) is 20.0. The summed E-state index contributed by atoms with van der Waals surface area (Å²) in [6, 6.07) is 7.03. The molecular formula is C30H42ClF. The maximum atomic E-state index is 14.1. The van der Waals surface area contributed by atoms with E-state index in [1.165, 1.54) is 89.5 Å². The number of hydrogen-bond acceptors (Lipinski definition) is 0. The van der Waals surface area contributed by atoms with E-state index in [0.29, 0.717) is 11.5 Å². The Balaban J connectivity index is 1.19. The summed E-state index contributed by atoms with van der Waals surface area (Å²) in [6.45, 7) is 2.32. The van der Waals surface area contributed by atoms with Crippen LogP contribution in [0.2, 0.25) is 0 Å². The van der Waals surface area contributed by atoms with Crippen LogP contribution in [0.5, 0.6) is 0 Å². The molecule has 0 spiro atoms. The number of hydrogen-bond donors (Lipinski definition) is 0. The van der Waals surface area contributed by atoms with Crippen molar-refractivity contribution in [3.8, 4) is 0 Å². The smallest absolute Gasteiger partial charge is 0.131 e. The van der Waals surface area contributed by atoms with Crippen molar-refractivity contribution < 1.29 is 4.39 Å². The fraction of sp³-hybridized carbons (Fsp3) is 0.667. The molecular weight excluding hydrogens is 415 g/mol. The van der Waals surface area contributed by atoms with Gasteiger partial charge in [-0.2, -0.15) is 0 Å². The predicted molar refractivity (Wildman–Crippen MR) is 136 cm³/mol. The summed E-state index contributed by atoms with van der Waals surface area (Å²) in [5.41, 5.74) is 1.66. The van der Waals surface area contributed by atoms with Crippen LogP contribution in [0.25, 0.3) is 5.57 Å². The summed E-state index contributed by atoms with van der Waals surface area (Å²) < 4.78 is 14.1. The lowest BCUT2D eigenvalue weighted by Crippen LogP contribution is -2.34. The van der Waals surface area contributed by atoms with E-state index in [9.17, 15) is 4.39 Å². The van der Waals surface area contributed by atoms with E-state index < -0.39 is 0 Å². The molecule has 2 heteroatoms. The van der Waals surface area contributed by atoms with Gasteiger partial charge in [-0.1, -0.05) is 114 Å². The van der Waals surface area contributed by atoms with Crippen molar-refractivity contribution in [1.29, 1.82) is 0 Å². The van der Waals surface area contributed by atoms with Crippen molar-refractivity contribution in [2.75, 3.05) is 0 Å². The van der Waals surface area contributed by atoms with Crippen LogP contribution in [0.4, 0.5) is 4.39 Å². The van der Waals surface area contributed by atoms with Crippen molar-refractivity contribution in [1.82, 2.24) is 0 Å². The molecule has 1 atom stereocenters. The average Bonchev–Trinajstić information content (AvgIpc) is 2.83. The molecule has 1 aromatic carbocycles. The molecule has 0 saturated heterocycles. The molecule has 4 rings (SSSR count). The lowest BCUT2D eigenvalue weighted by atomic mass is 9.70. The predicted octanol–water partition coefficient (Wildman–Crippen LogP) is 9.73. The lowest BCUT2D eigenvalue weighted by molar-refractivity contribution is 0.201. The van der Waals surface area contributed by atoms with Crippen LogP contribution in [0.1, 0.15) is 102 Å². The van der Waals surface area contributed by atoms with Crippen LogP contribution < -0.4 is 0 Å². The molecule has 0 bridgehead atoms. The Morgan fingerprint density at radius 2 is 1.47 bits per heavy atom. The van der Waals surface area contributed by atoms with Gasteiger partial charge >= 0.3 is 0 Å². The maximum absolute atomic E-state index is 14.1. The highest BCUT2D eigenvalue weighted by molar-refractivity contribution is 6.26. The SMILES string of the molecule is CCCC[C@H]1CC[C@H](CC[C@H]2CC[C@H](C3(Cl)C=CC(c4ccccc4F)=CC3)CC2)CC1. The first-order chi connectivity index (χ1) is 15.6. The molecule has 3 aliphatic carbocycles. The fourth-order valence-electron chi connectivity index (χ4n) is 6.53. The minimum absolute atomic E-state index is 0.152. The first kappa shape index (κ1) is 24.1. The van der Waals surface area contributed by atoms with Crippen molar-refractivity contribution in [2.24, 2.45) is 23.7 Å². The number of allylic oxidation sites excluding steroid dienone is 4. The summed E-state index contributed by atoms with van der Waals surface area (Å²) in [5, 5.41) is 0. The van der Waals surface area contributed by atoms with Crippen molar-refractivity contribution in [3.63, 3.8) is 0 Å². The molecule has 0 amide bonds. The summed E-state index contributed by atoms with van der Waals surface area (Å²) in [6.07, 6.45) is 25.4. The highest BCUT2D eigenvalue weighted by Gasteiger charge is 2.37. The van der Waals surface area contributed by atoms with Crippen LogP contribution in [0, 0.1) is 29.5 Å². The largest absolute Gasteiger partial charge is 0.206 e. The van der Waals surface area contributed by atoms with Gasteiger partial charge in [-0.3, -0.25) is 0 Å². The van der Waals surface area contributed by atoms with Crippen LogP contribution >= 0.6 is 11.6 Å².